The Morgan fingerprint density at radius 3 is 2.95 bits per heavy atom. The molecule has 5 heteroatoms. The molecule has 0 radical (unpaired) electrons. The molecule has 0 spiro atoms. The zero-order chi connectivity index (χ0) is 13.8. The van der Waals surface area contributed by atoms with Gasteiger partial charge >= 0.3 is 0 Å². The molecular weight excluding hydrogens is 242 g/mol. The Kier molecular flexibility index (Phi) is 4.16. The Bertz CT molecular complexity index is 487. The molecular formula is C14H19N3O2. The SMILES string of the molecule is CC1NCCCN(Cc2ccccc2C(N)=O)C1=O. The van der Waals surface area contributed by atoms with E-state index in [0.717, 1.165) is 18.5 Å². The number of hydrogen-bond donors (Lipinski definition) is 2. The second-order valence-corrected chi connectivity index (χ2v) is 4.81. The van der Waals surface area contributed by atoms with Crippen molar-refractivity contribution in [3.63, 3.8) is 0 Å². The molecule has 3 N–H and O–H groups in total. The van der Waals surface area contributed by atoms with Crippen molar-refractivity contribution in [3.05, 3.63) is 35.4 Å². The lowest BCUT2D eigenvalue weighted by Crippen LogP contribution is -2.41. The fraction of sp³-hybridized carbons (Fsp3) is 0.429. The summed E-state index contributed by atoms with van der Waals surface area (Å²) >= 11 is 0. The van der Waals surface area contributed by atoms with E-state index < -0.39 is 5.91 Å². The number of carbonyl (C=O) groups is 2. The van der Waals surface area contributed by atoms with Crippen LogP contribution >= 0.6 is 0 Å². The third kappa shape index (κ3) is 3.12. The van der Waals surface area contributed by atoms with E-state index in [2.05, 4.69) is 5.32 Å². The van der Waals surface area contributed by atoms with E-state index in [0.29, 0.717) is 18.7 Å². The highest BCUT2D eigenvalue weighted by molar-refractivity contribution is 5.94. The molecule has 1 saturated heterocycles. The second kappa shape index (κ2) is 5.84. The lowest BCUT2D eigenvalue weighted by molar-refractivity contribution is -0.132. The highest BCUT2D eigenvalue weighted by atomic mass is 16.2. The number of nitrogens with one attached hydrogen (secondary N) is 1. The van der Waals surface area contributed by atoms with E-state index in [1.807, 2.05) is 19.1 Å². The van der Waals surface area contributed by atoms with Crippen LogP contribution in [0.4, 0.5) is 0 Å². The lowest BCUT2D eigenvalue weighted by Gasteiger charge is -2.23. The molecule has 1 unspecified atom stereocenters. The van der Waals surface area contributed by atoms with Gasteiger partial charge in [0, 0.05) is 18.7 Å². The second-order valence-electron chi connectivity index (χ2n) is 4.81. The third-order valence-corrected chi connectivity index (χ3v) is 3.38. The van der Waals surface area contributed by atoms with Gasteiger partial charge in [-0.05, 0) is 31.5 Å². The summed E-state index contributed by atoms with van der Waals surface area (Å²) in [4.78, 5) is 25.3. The summed E-state index contributed by atoms with van der Waals surface area (Å²) in [6.07, 6.45) is 0.912. The van der Waals surface area contributed by atoms with Crippen LogP contribution in [0.25, 0.3) is 0 Å². The van der Waals surface area contributed by atoms with Gasteiger partial charge in [-0.15, -0.1) is 0 Å². The normalized spacial score (nSPS) is 20.2. The molecule has 1 aromatic carbocycles. The Hall–Kier alpha value is -1.88. The maximum absolute atomic E-state index is 12.2. The van der Waals surface area contributed by atoms with Crippen LogP contribution in [0.5, 0.6) is 0 Å². The van der Waals surface area contributed by atoms with Crippen LogP contribution in [-0.2, 0) is 11.3 Å². The van der Waals surface area contributed by atoms with Gasteiger partial charge in [0.25, 0.3) is 0 Å². The molecule has 0 aromatic heterocycles. The standard InChI is InChI=1S/C14H19N3O2/c1-10-14(19)17(8-4-7-16-10)9-11-5-2-3-6-12(11)13(15)18/h2-3,5-6,10,16H,4,7-9H2,1H3,(H2,15,18). The number of primary amides is 1. The zero-order valence-corrected chi connectivity index (χ0v) is 11.1. The maximum atomic E-state index is 12.2. The van der Waals surface area contributed by atoms with Crippen LogP contribution < -0.4 is 11.1 Å². The summed E-state index contributed by atoms with van der Waals surface area (Å²) in [5.41, 5.74) is 6.65. The number of nitrogens with two attached hydrogens (primary N) is 1. The van der Waals surface area contributed by atoms with Crippen molar-refractivity contribution >= 4 is 11.8 Å². The highest BCUT2D eigenvalue weighted by Crippen LogP contribution is 2.13. The number of carbonyl (C=O) groups excluding carboxylic acids is 2. The van der Waals surface area contributed by atoms with Crippen molar-refractivity contribution in [2.45, 2.75) is 25.9 Å². The van der Waals surface area contributed by atoms with Gasteiger partial charge in [-0.25, -0.2) is 0 Å². The maximum Gasteiger partial charge on any atom is 0.249 e. The van der Waals surface area contributed by atoms with Gasteiger partial charge in [0.15, 0.2) is 0 Å². The molecule has 1 atom stereocenters. The summed E-state index contributed by atoms with van der Waals surface area (Å²) in [7, 11) is 0. The van der Waals surface area contributed by atoms with Gasteiger partial charge in [-0.2, -0.15) is 0 Å². The highest BCUT2D eigenvalue weighted by Gasteiger charge is 2.23. The zero-order valence-electron chi connectivity index (χ0n) is 11.1. The predicted octanol–water partition coefficient (Wildman–Crippen LogP) is 0.496. The molecule has 2 rings (SSSR count). The van der Waals surface area contributed by atoms with Gasteiger partial charge in [0.2, 0.25) is 11.8 Å². The number of hydrogen-bond acceptors (Lipinski definition) is 3. The van der Waals surface area contributed by atoms with Crippen molar-refractivity contribution < 1.29 is 9.59 Å². The first-order chi connectivity index (χ1) is 9.09. The number of nitrogens with zero attached hydrogens (tertiary/aromatic N) is 1. The quantitative estimate of drug-likeness (QED) is 0.831. The van der Waals surface area contributed by atoms with E-state index in [4.69, 9.17) is 5.73 Å². The largest absolute Gasteiger partial charge is 0.366 e. The number of benzene rings is 1. The van der Waals surface area contributed by atoms with E-state index in [1.165, 1.54) is 0 Å². The lowest BCUT2D eigenvalue weighted by atomic mass is 10.1. The minimum atomic E-state index is -0.455. The third-order valence-electron chi connectivity index (χ3n) is 3.38. The molecule has 1 fully saturated rings. The molecule has 102 valence electrons. The predicted molar refractivity (Wildman–Crippen MR) is 72.5 cm³/mol. The fourth-order valence-electron chi connectivity index (χ4n) is 2.32. The average Bonchev–Trinajstić information content (AvgIpc) is 2.55. The molecule has 1 heterocycles. The first-order valence-corrected chi connectivity index (χ1v) is 6.49. The smallest absolute Gasteiger partial charge is 0.249 e. The minimum Gasteiger partial charge on any atom is -0.366 e. The van der Waals surface area contributed by atoms with Crippen LogP contribution in [0.1, 0.15) is 29.3 Å². The summed E-state index contributed by atoms with van der Waals surface area (Å²) in [5.74, 6) is -0.388. The molecule has 1 aliphatic rings. The fourth-order valence-corrected chi connectivity index (χ4v) is 2.32. The Balaban J connectivity index is 2.20. The topological polar surface area (TPSA) is 75.4 Å². The first kappa shape index (κ1) is 13.5. The first-order valence-electron chi connectivity index (χ1n) is 6.49. The molecule has 0 aliphatic carbocycles. The summed E-state index contributed by atoms with van der Waals surface area (Å²) in [5, 5.41) is 3.16. The van der Waals surface area contributed by atoms with Gasteiger partial charge in [0.1, 0.15) is 0 Å². The van der Waals surface area contributed by atoms with Gasteiger partial charge in [0.05, 0.1) is 6.04 Å². The molecule has 0 bridgehead atoms. The van der Waals surface area contributed by atoms with Crippen molar-refractivity contribution in [3.8, 4) is 0 Å². The molecule has 5 nitrogen and oxygen atoms in total. The summed E-state index contributed by atoms with van der Waals surface area (Å²) in [6, 6.07) is 6.99. The number of amides is 2. The van der Waals surface area contributed by atoms with Crippen LogP contribution in [0, 0.1) is 0 Å². The Morgan fingerprint density at radius 2 is 2.21 bits per heavy atom. The van der Waals surface area contributed by atoms with Crippen LogP contribution in [0.15, 0.2) is 24.3 Å². The van der Waals surface area contributed by atoms with Crippen molar-refractivity contribution in [2.24, 2.45) is 5.73 Å². The van der Waals surface area contributed by atoms with Gasteiger partial charge < -0.3 is 16.0 Å². The van der Waals surface area contributed by atoms with E-state index in [9.17, 15) is 9.59 Å². The minimum absolute atomic E-state index is 0.0665. The molecule has 1 aliphatic heterocycles. The van der Waals surface area contributed by atoms with Crippen LogP contribution in [0.3, 0.4) is 0 Å². The van der Waals surface area contributed by atoms with Gasteiger partial charge in [-0.3, -0.25) is 9.59 Å². The Morgan fingerprint density at radius 1 is 1.47 bits per heavy atom. The molecule has 2 amide bonds. The molecule has 19 heavy (non-hydrogen) atoms. The van der Waals surface area contributed by atoms with Crippen molar-refractivity contribution in [2.75, 3.05) is 13.1 Å². The van der Waals surface area contributed by atoms with E-state index >= 15 is 0 Å². The van der Waals surface area contributed by atoms with Gasteiger partial charge in [-0.1, -0.05) is 18.2 Å². The van der Waals surface area contributed by atoms with E-state index in [-0.39, 0.29) is 11.9 Å². The monoisotopic (exact) mass is 261 g/mol. The van der Waals surface area contributed by atoms with Crippen LogP contribution in [-0.4, -0.2) is 35.8 Å². The summed E-state index contributed by atoms with van der Waals surface area (Å²) < 4.78 is 0. The average molecular weight is 261 g/mol. The molecule has 1 aromatic rings. The number of rotatable bonds is 3. The van der Waals surface area contributed by atoms with Crippen molar-refractivity contribution in [1.82, 2.24) is 10.2 Å². The Labute approximate surface area is 112 Å². The summed E-state index contributed by atoms with van der Waals surface area (Å²) in [6.45, 7) is 3.83. The molecule has 0 saturated carbocycles. The van der Waals surface area contributed by atoms with E-state index in [1.54, 1.807) is 17.0 Å². The van der Waals surface area contributed by atoms with Crippen molar-refractivity contribution in [1.29, 1.82) is 0 Å². The van der Waals surface area contributed by atoms with Crippen LogP contribution in [0.2, 0.25) is 0 Å².